The summed E-state index contributed by atoms with van der Waals surface area (Å²) in [7, 11) is 0. The molecule has 1 aliphatic heterocycles. The number of ether oxygens (including phenoxy) is 2. The number of anilines is 2. The fraction of sp³-hybridized carbons (Fsp3) is 0.400. The number of hydrogen-bond acceptors (Lipinski definition) is 8. The molecule has 154 valence electrons. The molecule has 1 aromatic heterocycles. The third-order valence-corrected chi connectivity index (χ3v) is 4.40. The summed E-state index contributed by atoms with van der Waals surface area (Å²) in [5.41, 5.74) is 1.30. The molecule has 1 aromatic carbocycles. The number of nitrogens with one attached hydrogen (secondary N) is 2. The Kier molecular flexibility index (Phi) is 7.48. The van der Waals surface area contributed by atoms with Gasteiger partial charge in [0, 0.05) is 38.6 Å². The van der Waals surface area contributed by atoms with Crippen LogP contribution < -0.4 is 10.6 Å². The van der Waals surface area contributed by atoms with Crippen molar-refractivity contribution in [1.82, 2.24) is 20.2 Å². The number of hydrogen-bond donors (Lipinski definition) is 2. The molecule has 1 fully saturated rings. The lowest BCUT2D eigenvalue weighted by molar-refractivity contribution is 0.0383. The monoisotopic (exact) mass is 399 g/mol. The molecule has 0 aliphatic carbocycles. The predicted molar refractivity (Wildman–Crippen MR) is 107 cm³/mol. The van der Waals surface area contributed by atoms with E-state index in [1.165, 1.54) is 12.4 Å². The molecule has 9 heteroatoms. The van der Waals surface area contributed by atoms with Crippen LogP contribution >= 0.6 is 0 Å². The first-order valence-electron chi connectivity index (χ1n) is 9.61. The van der Waals surface area contributed by atoms with Crippen molar-refractivity contribution in [2.75, 3.05) is 51.3 Å². The molecule has 2 aromatic rings. The Hall–Kier alpha value is -3.04. The van der Waals surface area contributed by atoms with E-state index in [4.69, 9.17) is 9.47 Å². The quantitative estimate of drug-likeness (QED) is 0.643. The van der Waals surface area contributed by atoms with Crippen LogP contribution in [-0.2, 0) is 9.47 Å². The molecule has 2 heterocycles. The minimum atomic E-state index is -0.424. The van der Waals surface area contributed by atoms with Crippen molar-refractivity contribution in [1.29, 1.82) is 0 Å². The molecule has 0 spiro atoms. The Labute approximate surface area is 169 Å². The summed E-state index contributed by atoms with van der Waals surface area (Å²) in [4.78, 5) is 34.9. The van der Waals surface area contributed by atoms with Crippen LogP contribution in [0.25, 0.3) is 0 Å². The van der Waals surface area contributed by atoms with E-state index in [9.17, 15) is 9.59 Å². The summed E-state index contributed by atoms with van der Waals surface area (Å²) in [5, 5.41) is 5.86. The summed E-state index contributed by atoms with van der Waals surface area (Å²) in [5.74, 6) is -0.366. The average Bonchev–Trinajstić information content (AvgIpc) is 2.75. The number of para-hydroxylation sites is 1. The topological polar surface area (TPSA) is 106 Å². The molecule has 1 amide bonds. The summed E-state index contributed by atoms with van der Waals surface area (Å²) in [6, 6.07) is 6.95. The van der Waals surface area contributed by atoms with Gasteiger partial charge in [-0.25, -0.2) is 14.8 Å². The number of nitrogens with zero attached hydrogens (tertiary/aromatic N) is 3. The van der Waals surface area contributed by atoms with Crippen molar-refractivity contribution in [3.63, 3.8) is 0 Å². The fourth-order valence-corrected chi connectivity index (χ4v) is 2.86. The minimum absolute atomic E-state index is 0.225. The van der Waals surface area contributed by atoms with Crippen molar-refractivity contribution in [2.45, 2.75) is 6.92 Å². The number of carbonyl (C=O) groups is 2. The van der Waals surface area contributed by atoms with E-state index in [2.05, 4.69) is 25.5 Å². The van der Waals surface area contributed by atoms with Gasteiger partial charge in [-0.3, -0.25) is 9.69 Å². The van der Waals surface area contributed by atoms with E-state index in [1.54, 1.807) is 31.2 Å². The zero-order valence-corrected chi connectivity index (χ0v) is 16.4. The highest BCUT2D eigenvalue weighted by atomic mass is 16.5. The maximum absolute atomic E-state index is 12.3. The summed E-state index contributed by atoms with van der Waals surface area (Å²) < 4.78 is 10.4. The Morgan fingerprint density at radius 1 is 1.17 bits per heavy atom. The van der Waals surface area contributed by atoms with E-state index < -0.39 is 5.97 Å². The Bertz CT molecular complexity index is 822. The SMILES string of the molecule is CCOC(=O)c1ccccc1Nc1ncc(C(=O)NCCN2CCOCC2)cn1. The second-order valence-electron chi connectivity index (χ2n) is 6.40. The molecule has 1 aliphatic rings. The fourth-order valence-electron chi connectivity index (χ4n) is 2.86. The minimum Gasteiger partial charge on any atom is -0.462 e. The Morgan fingerprint density at radius 2 is 1.90 bits per heavy atom. The second-order valence-corrected chi connectivity index (χ2v) is 6.40. The van der Waals surface area contributed by atoms with Crippen LogP contribution in [-0.4, -0.2) is 72.7 Å². The van der Waals surface area contributed by atoms with Gasteiger partial charge in [0.15, 0.2) is 0 Å². The number of morpholine rings is 1. The summed E-state index contributed by atoms with van der Waals surface area (Å²) in [6.07, 6.45) is 2.90. The van der Waals surface area contributed by atoms with Gasteiger partial charge in [0.2, 0.25) is 5.95 Å². The molecule has 0 radical (unpaired) electrons. The van der Waals surface area contributed by atoms with Gasteiger partial charge in [-0.1, -0.05) is 12.1 Å². The molecule has 0 saturated carbocycles. The number of rotatable bonds is 8. The molecule has 0 atom stereocenters. The number of carbonyl (C=O) groups excluding carboxylic acids is 2. The lowest BCUT2D eigenvalue weighted by Gasteiger charge is -2.26. The van der Waals surface area contributed by atoms with Gasteiger partial charge in [0.05, 0.1) is 36.6 Å². The van der Waals surface area contributed by atoms with Crippen molar-refractivity contribution in [3.8, 4) is 0 Å². The first-order chi connectivity index (χ1) is 14.2. The van der Waals surface area contributed by atoms with Gasteiger partial charge in [0.25, 0.3) is 5.91 Å². The molecule has 0 unspecified atom stereocenters. The van der Waals surface area contributed by atoms with E-state index in [1.807, 2.05) is 0 Å². The maximum Gasteiger partial charge on any atom is 0.340 e. The number of benzene rings is 1. The van der Waals surface area contributed by atoms with Crippen LogP contribution in [0.4, 0.5) is 11.6 Å². The van der Waals surface area contributed by atoms with Gasteiger partial charge in [0.1, 0.15) is 0 Å². The van der Waals surface area contributed by atoms with Crippen LogP contribution in [0.1, 0.15) is 27.6 Å². The normalized spacial score (nSPS) is 14.2. The number of aromatic nitrogens is 2. The highest BCUT2D eigenvalue weighted by molar-refractivity contribution is 5.96. The highest BCUT2D eigenvalue weighted by Gasteiger charge is 2.14. The Balaban J connectivity index is 1.55. The van der Waals surface area contributed by atoms with Crippen LogP contribution in [0, 0.1) is 0 Å². The van der Waals surface area contributed by atoms with E-state index in [0.717, 1.165) is 32.8 Å². The van der Waals surface area contributed by atoms with Gasteiger partial charge >= 0.3 is 5.97 Å². The molecular formula is C20H25N5O4. The lowest BCUT2D eigenvalue weighted by Crippen LogP contribution is -2.41. The molecule has 2 N–H and O–H groups in total. The largest absolute Gasteiger partial charge is 0.462 e. The second kappa shape index (κ2) is 10.5. The molecule has 1 saturated heterocycles. The zero-order valence-electron chi connectivity index (χ0n) is 16.4. The molecule has 9 nitrogen and oxygen atoms in total. The van der Waals surface area contributed by atoms with Crippen molar-refractivity contribution in [3.05, 3.63) is 47.8 Å². The predicted octanol–water partition coefficient (Wildman–Crippen LogP) is 1.46. The van der Waals surface area contributed by atoms with Crippen LogP contribution in [0.2, 0.25) is 0 Å². The number of esters is 1. The smallest absolute Gasteiger partial charge is 0.340 e. The maximum atomic E-state index is 12.3. The van der Waals surface area contributed by atoms with Crippen molar-refractivity contribution >= 4 is 23.5 Å². The molecule has 29 heavy (non-hydrogen) atoms. The van der Waals surface area contributed by atoms with Gasteiger partial charge in [-0.05, 0) is 19.1 Å². The Morgan fingerprint density at radius 3 is 2.62 bits per heavy atom. The summed E-state index contributed by atoms with van der Waals surface area (Å²) >= 11 is 0. The van der Waals surface area contributed by atoms with Gasteiger partial charge in [-0.15, -0.1) is 0 Å². The van der Waals surface area contributed by atoms with E-state index in [-0.39, 0.29) is 11.9 Å². The van der Waals surface area contributed by atoms with Crippen LogP contribution in [0.15, 0.2) is 36.7 Å². The first kappa shape index (κ1) is 20.7. The van der Waals surface area contributed by atoms with Crippen molar-refractivity contribution in [2.24, 2.45) is 0 Å². The van der Waals surface area contributed by atoms with E-state index >= 15 is 0 Å². The zero-order chi connectivity index (χ0) is 20.5. The third kappa shape index (κ3) is 5.97. The lowest BCUT2D eigenvalue weighted by atomic mass is 10.2. The van der Waals surface area contributed by atoms with Crippen LogP contribution in [0.3, 0.4) is 0 Å². The van der Waals surface area contributed by atoms with Crippen molar-refractivity contribution < 1.29 is 19.1 Å². The third-order valence-electron chi connectivity index (χ3n) is 4.40. The summed E-state index contributed by atoms with van der Waals surface area (Å²) in [6.45, 7) is 6.59. The van der Waals surface area contributed by atoms with Gasteiger partial charge < -0.3 is 20.1 Å². The van der Waals surface area contributed by atoms with Gasteiger partial charge in [-0.2, -0.15) is 0 Å². The van der Waals surface area contributed by atoms with E-state index in [0.29, 0.717) is 30.0 Å². The average molecular weight is 399 g/mol. The number of amides is 1. The first-order valence-corrected chi connectivity index (χ1v) is 9.61. The standard InChI is InChI=1S/C20H25N5O4/c1-2-29-19(27)16-5-3-4-6-17(16)24-20-22-13-15(14-23-20)18(26)21-7-8-25-9-11-28-12-10-25/h3-6,13-14H,2,7-12H2,1H3,(H,21,26)(H,22,23,24). The molecule has 3 rings (SSSR count). The highest BCUT2D eigenvalue weighted by Crippen LogP contribution is 2.19. The molecular weight excluding hydrogens is 374 g/mol. The molecule has 0 bridgehead atoms. The van der Waals surface area contributed by atoms with Crippen LogP contribution in [0.5, 0.6) is 0 Å².